The zero-order valence-electron chi connectivity index (χ0n) is 12.9. The summed E-state index contributed by atoms with van der Waals surface area (Å²) in [5.74, 6) is -2.71. The van der Waals surface area contributed by atoms with Crippen LogP contribution in [0.25, 0.3) is 0 Å². The highest BCUT2D eigenvalue weighted by Gasteiger charge is 2.41. The van der Waals surface area contributed by atoms with Crippen molar-refractivity contribution in [1.29, 1.82) is 0 Å². The summed E-state index contributed by atoms with van der Waals surface area (Å²) in [4.78, 5) is 48.2. The van der Waals surface area contributed by atoms with Crippen LogP contribution < -0.4 is 10.5 Å². The molecule has 0 spiro atoms. The Morgan fingerprint density at radius 3 is 2.52 bits per heavy atom. The Labute approximate surface area is 140 Å². The molecule has 0 bridgehead atoms. The van der Waals surface area contributed by atoms with Crippen LogP contribution in [0.5, 0.6) is 5.75 Å². The molecule has 0 unspecified atom stereocenters. The van der Waals surface area contributed by atoms with E-state index in [2.05, 4.69) is 0 Å². The molecule has 9 nitrogen and oxygen atoms in total. The number of hydrogen-bond acceptors (Lipinski definition) is 7. The lowest BCUT2D eigenvalue weighted by molar-refractivity contribution is -0.385. The quantitative estimate of drug-likeness (QED) is 0.388. The molecule has 126 valence electrons. The third-order valence-electron chi connectivity index (χ3n) is 3.77. The van der Waals surface area contributed by atoms with Crippen molar-refractivity contribution in [1.82, 2.24) is 4.90 Å². The maximum atomic E-state index is 12.6. The van der Waals surface area contributed by atoms with Crippen LogP contribution in [0, 0.1) is 10.1 Å². The number of carbonyl (C=O) groups excluding carboxylic acids is 3. The van der Waals surface area contributed by atoms with E-state index in [1.54, 1.807) is 0 Å². The third-order valence-corrected chi connectivity index (χ3v) is 3.77. The van der Waals surface area contributed by atoms with Crippen molar-refractivity contribution in [2.75, 3.05) is 12.8 Å². The van der Waals surface area contributed by atoms with Gasteiger partial charge in [0.2, 0.25) is 0 Å². The topological polar surface area (TPSA) is 133 Å². The molecule has 1 aliphatic heterocycles. The summed E-state index contributed by atoms with van der Waals surface area (Å²) < 4.78 is 4.86. The maximum Gasteiger partial charge on any atom is 0.311 e. The van der Waals surface area contributed by atoms with Crippen LogP contribution in [0.15, 0.2) is 36.4 Å². The molecular formula is C16H11N3O6. The van der Waals surface area contributed by atoms with Gasteiger partial charge >= 0.3 is 5.69 Å². The first kappa shape index (κ1) is 16.1. The van der Waals surface area contributed by atoms with Gasteiger partial charge in [0, 0.05) is 17.3 Å². The molecule has 2 aromatic carbocycles. The average molecular weight is 341 g/mol. The number of ether oxygens (including phenoxy) is 1. The summed E-state index contributed by atoms with van der Waals surface area (Å²) in [5, 5.41) is 11.1. The van der Waals surface area contributed by atoms with E-state index in [-0.39, 0.29) is 28.1 Å². The molecule has 2 aromatic rings. The number of anilines is 1. The van der Waals surface area contributed by atoms with Gasteiger partial charge in [-0.05, 0) is 24.3 Å². The van der Waals surface area contributed by atoms with E-state index in [0.717, 1.165) is 6.07 Å². The number of rotatable bonds is 3. The predicted octanol–water partition coefficient (Wildman–Crippen LogP) is 1.62. The summed E-state index contributed by atoms with van der Waals surface area (Å²) in [5.41, 5.74) is 5.10. The van der Waals surface area contributed by atoms with E-state index in [0.29, 0.717) is 4.90 Å². The highest BCUT2D eigenvalue weighted by Crippen LogP contribution is 2.31. The Hall–Kier alpha value is -3.75. The highest BCUT2D eigenvalue weighted by atomic mass is 16.6. The van der Waals surface area contributed by atoms with Crippen molar-refractivity contribution in [2.24, 2.45) is 0 Å². The second-order valence-electron chi connectivity index (χ2n) is 5.16. The van der Waals surface area contributed by atoms with Crippen molar-refractivity contribution < 1.29 is 24.0 Å². The Morgan fingerprint density at radius 1 is 1.20 bits per heavy atom. The summed E-state index contributed by atoms with van der Waals surface area (Å²) in [6, 6.07) is 7.73. The lowest BCUT2D eigenvalue weighted by Crippen LogP contribution is -2.36. The number of methoxy groups -OCH3 is 1. The Morgan fingerprint density at radius 2 is 1.92 bits per heavy atom. The van der Waals surface area contributed by atoms with Crippen LogP contribution >= 0.6 is 0 Å². The number of nitrogens with two attached hydrogens (primary N) is 1. The van der Waals surface area contributed by atoms with Crippen molar-refractivity contribution in [2.45, 2.75) is 0 Å². The Kier molecular flexibility index (Phi) is 3.68. The van der Waals surface area contributed by atoms with Crippen LogP contribution in [0.1, 0.15) is 31.1 Å². The van der Waals surface area contributed by atoms with E-state index in [1.807, 2.05) is 0 Å². The second-order valence-corrected chi connectivity index (χ2v) is 5.16. The Balaban J connectivity index is 2.04. The van der Waals surface area contributed by atoms with E-state index in [1.165, 1.54) is 37.4 Å². The molecule has 1 aliphatic rings. The molecule has 0 saturated carbocycles. The van der Waals surface area contributed by atoms with Crippen LogP contribution in [-0.4, -0.2) is 34.7 Å². The number of carbonyl (C=O) groups is 3. The maximum absolute atomic E-state index is 12.6. The van der Waals surface area contributed by atoms with Crippen molar-refractivity contribution in [3.63, 3.8) is 0 Å². The van der Waals surface area contributed by atoms with E-state index in [4.69, 9.17) is 10.5 Å². The fraction of sp³-hybridized carbons (Fsp3) is 0.0625. The first-order valence-corrected chi connectivity index (χ1v) is 7.01. The van der Waals surface area contributed by atoms with E-state index in [9.17, 15) is 24.5 Å². The number of hydrogen-bond donors (Lipinski definition) is 1. The number of nitro groups is 1. The van der Waals surface area contributed by atoms with Gasteiger partial charge in [-0.1, -0.05) is 6.07 Å². The number of fused-ring (bicyclic) bond motifs is 1. The zero-order chi connectivity index (χ0) is 18.3. The molecule has 2 N–H and O–H groups in total. The lowest BCUT2D eigenvalue weighted by Gasteiger charge is -2.12. The van der Waals surface area contributed by atoms with Crippen LogP contribution in [-0.2, 0) is 0 Å². The van der Waals surface area contributed by atoms with Gasteiger partial charge in [0.05, 0.1) is 23.2 Å². The average Bonchev–Trinajstić information content (AvgIpc) is 2.85. The normalized spacial score (nSPS) is 12.9. The summed E-state index contributed by atoms with van der Waals surface area (Å²) in [6.07, 6.45) is 0. The van der Waals surface area contributed by atoms with Crippen molar-refractivity contribution >= 4 is 29.1 Å². The SMILES string of the molecule is COc1ccc(C(=O)N2C(=O)c3cccc(N)c3C2=O)cc1[N+](=O)[O-]. The molecule has 1 heterocycles. The minimum atomic E-state index is -0.976. The van der Waals surface area contributed by atoms with Crippen molar-refractivity contribution in [3.05, 3.63) is 63.2 Å². The second kappa shape index (κ2) is 5.71. The van der Waals surface area contributed by atoms with Gasteiger partial charge in [0.15, 0.2) is 5.75 Å². The number of nitrogen functional groups attached to an aromatic ring is 1. The summed E-state index contributed by atoms with van der Waals surface area (Å²) in [7, 11) is 1.25. The summed E-state index contributed by atoms with van der Waals surface area (Å²) >= 11 is 0. The number of amides is 3. The van der Waals surface area contributed by atoms with Crippen molar-refractivity contribution in [3.8, 4) is 5.75 Å². The monoisotopic (exact) mass is 341 g/mol. The number of imide groups is 3. The number of benzene rings is 2. The van der Waals surface area contributed by atoms with Gasteiger partial charge in [0.1, 0.15) is 0 Å². The zero-order valence-corrected chi connectivity index (χ0v) is 12.9. The third kappa shape index (κ3) is 2.38. The number of nitrogens with zero attached hydrogens (tertiary/aromatic N) is 2. The Bertz CT molecular complexity index is 953. The lowest BCUT2D eigenvalue weighted by atomic mass is 10.1. The molecule has 3 amide bonds. The molecule has 9 heteroatoms. The molecule has 0 saturated heterocycles. The van der Waals surface area contributed by atoms with Crippen LogP contribution in [0.3, 0.4) is 0 Å². The van der Waals surface area contributed by atoms with Gasteiger partial charge in [0.25, 0.3) is 17.7 Å². The molecular weight excluding hydrogens is 330 g/mol. The largest absolute Gasteiger partial charge is 0.490 e. The van der Waals surface area contributed by atoms with Gasteiger partial charge in [-0.3, -0.25) is 24.5 Å². The smallest absolute Gasteiger partial charge is 0.311 e. The fourth-order valence-electron chi connectivity index (χ4n) is 2.59. The van der Waals surface area contributed by atoms with Gasteiger partial charge < -0.3 is 10.5 Å². The first-order chi connectivity index (χ1) is 11.9. The minimum absolute atomic E-state index is 0.0151. The van der Waals surface area contributed by atoms with E-state index < -0.39 is 28.3 Å². The van der Waals surface area contributed by atoms with Gasteiger partial charge in [-0.15, -0.1) is 0 Å². The van der Waals surface area contributed by atoms with E-state index >= 15 is 0 Å². The molecule has 0 fully saturated rings. The van der Waals surface area contributed by atoms with Gasteiger partial charge in [-0.25, -0.2) is 4.90 Å². The fourth-order valence-corrected chi connectivity index (χ4v) is 2.59. The standard InChI is InChI=1S/C16H11N3O6/c1-25-12-6-5-8(7-11(12)19(23)24)14(20)18-15(21)9-3-2-4-10(17)13(9)16(18)22/h2-7H,17H2,1H3. The van der Waals surface area contributed by atoms with Gasteiger partial charge in [-0.2, -0.15) is 0 Å². The molecule has 0 aliphatic carbocycles. The number of nitro benzene ring substituents is 1. The molecule has 0 aromatic heterocycles. The summed E-state index contributed by atoms with van der Waals surface area (Å²) in [6.45, 7) is 0. The molecule has 0 radical (unpaired) electrons. The molecule has 3 rings (SSSR count). The minimum Gasteiger partial charge on any atom is -0.490 e. The first-order valence-electron chi connectivity index (χ1n) is 7.01. The van der Waals surface area contributed by atoms with Crippen LogP contribution in [0.4, 0.5) is 11.4 Å². The van der Waals surface area contributed by atoms with Crippen LogP contribution in [0.2, 0.25) is 0 Å². The molecule has 25 heavy (non-hydrogen) atoms. The molecule has 0 atom stereocenters. The highest BCUT2D eigenvalue weighted by molar-refractivity contribution is 6.32. The predicted molar refractivity (Wildman–Crippen MR) is 85.3 cm³/mol.